The molecule has 0 saturated carbocycles. The Kier molecular flexibility index (Phi) is 12.7. The van der Waals surface area contributed by atoms with Crippen molar-refractivity contribution in [3.8, 4) is 6.07 Å². The van der Waals surface area contributed by atoms with Gasteiger partial charge in [0.05, 0.1) is 48.5 Å². The smallest absolute Gasteiger partial charge is 0.336 e. The zero-order valence-electron chi connectivity index (χ0n) is 27.4. The van der Waals surface area contributed by atoms with Crippen molar-refractivity contribution in [2.24, 2.45) is 0 Å². The molecule has 1 amide bonds. The molecule has 8 nitrogen and oxygen atoms in total. The molecule has 5 rings (SSSR count). The number of amides is 1. The first-order chi connectivity index (χ1) is 24.0. The minimum Gasteiger partial charge on any atom is -0.461 e. The monoisotopic (exact) mass is 674 g/mol. The molecule has 9 heteroatoms. The average molecular weight is 675 g/mol. The van der Waals surface area contributed by atoms with Gasteiger partial charge in [-0.25, -0.2) is 4.79 Å². The number of allylic oxidation sites excluding steroid dienone is 1. The number of benzene rings is 3. The van der Waals surface area contributed by atoms with E-state index in [9.17, 15) is 9.59 Å². The van der Waals surface area contributed by atoms with Gasteiger partial charge < -0.3 is 20.1 Å². The number of esters is 1. The topological polar surface area (TPSA) is 113 Å². The van der Waals surface area contributed by atoms with E-state index in [4.69, 9.17) is 26.3 Å². The van der Waals surface area contributed by atoms with Gasteiger partial charge in [-0.1, -0.05) is 90.5 Å². The number of halogens is 1. The molecule has 1 unspecified atom stereocenters. The van der Waals surface area contributed by atoms with Crippen molar-refractivity contribution in [3.63, 3.8) is 0 Å². The summed E-state index contributed by atoms with van der Waals surface area (Å²) < 4.78 is 11.6. The van der Waals surface area contributed by atoms with Gasteiger partial charge in [0, 0.05) is 41.5 Å². The minimum absolute atomic E-state index is 0.0515. The van der Waals surface area contributed by atoms with Gasteiger partial charge in [0.25, 0.3) is 0 Å². The van der Waals surface area contributed by atoms with Gasteiger partial charge in [0.2, 0.25) is 5.91 Å². The Hall–Kier alpha value is -5.23. The summed E-state index contributed by atoms with van der Waals surface area (Å²) in [5.74, 6) is -1.69. The Morgan fingerprint density at radius 3 is 2.31 bits per heavy atom. The van der Waals surface area contributed by atoms with Crippen LogP contribution in [0.25, 0.3) is 0 Å². The normalized spacial score (nSPS) is 14.3. The maximum Gasteiger partial charge on any atom is 0.336 e. The van der Waals surface area contributed by atoms with E-state index in [0.29, 0.717) is 53.5 Å². The number of nitriles is 1. The molecule has 4 aromatic rings. The van der Waals surface area contributed by atoms with Crippen molar-refractivity contribution < 1.29 is 19.1 Å². The van der Waals surface area contributed by atoms with Crippen LogP contribution in [0.5, 0.6) is 0 Å². The van der Waals surface area contributed by atoms with Gasteiger partial charge in [0.1, 0.15) is 6.61 Å². The first-order valence-electron chi connectivity index (χ1n) is 16.3. The van der Waals surface area contributed by atoms with Crippen LogP contribution < -0.4 is 10.6 Å². The lowest BCUT2D eigenvalue weighted by atomic mass is 9.79. The summed E-state index contributed by atoms with van der Waals surface area (Å²) in [5, 5.41) is 15.9. The van der Waals surface area contributed by atoms with E-state index in [1.54, 1.807) is 31.3 Å². The lowest BCUT2D eigenvalue weighted by molar-refractivity contribution is -0.139. The zero-order valence-corrected chi connectivity index (χ0v) is 28.2. The molecule has 250 valence electrons. The number of dihydropyridines is 1. The molecule has 2 heterocycles. The summed E-state index contributed by atoms with van der Waals surface area (Å²) in [7, 11) is 0. The van der Waals surface area contributed by atoms with Gasteiger partial charge in [-0.15, -0.1) is 0 Å². The van der Waals surface area contributed by atoms with E-state index >= 15 is 0 Å². The third kappa shape index (κ3) is 9.44. The molecule has 0 bridgehead atoms. The molecule has 0 aliphatic carbocycles. The fourth-order valence-electron chi connectivity index (χ4n) is 6.05. The Morgan fingerprint density at radius 1 is 0.939 bits per heavy atom. The minimum atomic E-state index is -0.803. The van der Waals surface area contributed by atoms with Crippen LogP contribution in [0, 0.1) is 11.3 Å². The first-order valence-corrected chi connectivity index (χ1v) is 16.7. The van der Waals surface area contributed by atoms with Crippen molar-refractivity contribution in [3.05, 3.63) is 159 Å². The van der Waals surface area contributed by atoms with E-state index in [2.05, 4.69) is 39.9 Å². The SMILES string of the molecule is CC1=C(C(=O)OCCC#N)C(c2cccc(Cl)c2)C(C(=O)NCCC(c2ccccc2)c2ccccc2)=C(COCCc2ccccn2)N1. The standard InChI is InChI=1S/C40H39ClN4O4/c1-28-36(40(47)49-24-11-21-42)37(31-16-10-17-32(41)26-31)38(35(45-28)27-48-25-20-33-18-8-9-22-43-33)39(46)44-23-19-34(29-12-4-2-5-13-29)30-14-6-3-7-15-30/h2-10,12-18,22,26,34,37,45H,11,19-20,23-25,27H2,1H3,(H,44,46). The summed E-state index contributed by atoms with van der Waals surface area (Å²) >= 11 is 6.46. The van der Waals surface area contributed by atoms with Crippen LogP contribution in [0.1, 0.15) is 54.0 Å². The van der Waals surface area contributed by atoms with Crippen molar-refractivity contribution >= 4 is 23.5 Å². The molecule has 0 radical (unpaired) electrons. The van der Waals surface area contributed by atoms with E-state index in [1.165, 1.54) is 0 Å². The number of carbonyl (C=O) groups is 2. The number of hydrogen-bond donors (Lipinski definition) is 2. The molecule has 0 fully saturated rings. The number of hydrogen-bond acceptors (Lipinski definition) is 7. The highest BCUT2D eigenvalue weighted by Gasteiger charge is 2.38. The first kappa shape index (κ1) is 35.1. The Morgan fingerprint density at radius 2 is 1.65 bits per heavy atom. The average Bonchev–Trinajstić information content (AvgIpc) is 3.12. The van der Waals surface area contributed by atoms with Gasteiger partial charge in [-0.05, 0) is 54.3 Å². The molecule has 1 aromatic heterocycles. The highest BCUT2D eigenvalue weighted by molar-refractivity contribution is 6.30. The number of nitrogens with one attached hydrogen (secondary N) is 2. The van der Waals surface area contributed by atoms with E-state index < -0.39 is 11.9 Å². The fourth-order valence-corrected chi connectivity index (χ4v) is 6.25. The molecule has 3 aromatic carbocycles. The summed E-state index contributed by atoms with van der Waals surface area (Å²) in [6, 6.07) is 35.3. The summed E-state index contributed by atoms with van der Waals surface area (Å²) in [4.78, 5) is 32.4. The number of ether oxygens (including phenoxy) is 2. The quantitative estimate of drug-likeness (QED) is 0.103. The number of pyridine rings is 1. The molecule has 1 atom stereocenters. The third-order valence-electron chi connectivity index (χ3n) is 8.34. The highest BCUT2D eigenvalue weighted by atomic mass is 35.5. The number of rotatable bonds is 15. The van der Waals surface area contributed by atoms with Crippen LogP contribution in [0.3, 0.4) is 0 Å². The van der Waals surface area contributed by atoms with Crippen LogP contribution in [0.4, 0.5) is 0 Å². The van der Waals surface area contributed by atoms with Crippen LogP contribution in [0.2, 0.25) is 5.02 Å². The van der Waals surface area contributed by atoms with Gasteiger partial charge >= 0.3 is 5.97 Å². The Bertz CT molecular complexity index is 1780. The molecule has 49 heavy (non-hydrogen) atoms. The molecule has 1 aliphatic heterocycles. The van der Waals surface area contributed by atoms with Gasteiger partial charge in [-0.3, -0.25) is 9.78 Å². The highest BCUT2D eigenvalue weighted by Crippen LogP contribution is 2.40. The second-order valence-corrected chi connectivity index (χ2v) is 12.1. The number of aromatic nitrogens is 1. The second kappa shape index (κ2) is 17.8. The number of carbonyl (C=O) groups excluding carboxylic acids is 2. The third-order valence-corrected chi connectivity index (χ3v) is 8.57. The van der Waals surface area contributed by atoms with Crippen LogP contribution in [0.15, 0.2) is 132 Å². The maximum atomic E-state index is 14.4. The summed E-state index contributed by atoms with van der Waals surface area (Å²) in [5.41, 5.74) is 5.54. The van der Waals surface area contributed by atoms with Crippen molar-refractivity contribution in [2.45, 2.75) is 38.0 Å². The van der Waals surface area contributed by atoms with E-state index in [1.807, 2.05) is 66.7 Å². The second-order valence-electron chi connectivity index (χ2n) is 11.6. The van der Waals surface area contributed by atoms with Gasteiger partial charge in [0.15, 0.2) is 0 Å². The molecular weight excluding hydrogens is 636 g/mol. The van der Waals surface area contributed by atoms with Crippen LogP contribution in [-0.2, 0) is 25.5 Å². The van der Waals surface area contributed by atoms with Crippen LogP contribution in [-0.4, -0.2) is 43.2 Å². The summed E-state index contributed by atoms with van der Waals surface area (Å²) in [6.45, 7) is 2.55. The predicted molar refractivity (Wildman–Crippen MR) is 189 cm³/mol. The van der Waals surface area contributed by atoms with E-state index in [-0.39, 0.29) is 37.0 Å². The fraction of sp³-hybridized carbons (Fsp3) is 0.250. The van der Waals surface area contributed by atoms with Crippen LogP contribution >= 0.6 is 11.6 Å². The predicted octanol–water partition coefficient (Wildman–Crippen LogP) is 7.00. The molecule has 2 N–H and O–H groups in total. The summed E-state index contributed by atoms with van der Waals surface area (Å²) in [6.07, 6.45) is 3.04. The zero-order chi connectivity index (χ0) is 34.4. The Labute approximate surface area is 292 Å². The number of nitrogens with zero attached hydrogens (tertiary/aromatic N) is 2. The molecular formula is C40H39ClN4O4. The molecule has 0 spiro atoms. The maximum absolute atomic E-state index is 14.4. The largest absolute Gasteiger partial charge is 0.461 e. The molecule has 0 saturated heterocycles. The van der Waals surface area contributed by atoms with E-state index in [0.717, 1.165) is 16.8 Å². The van der Waals surface area contributed by atoms with Gasteiger partial charge in [-0.2, -0.15) is 5.26 Å². The Balaban J connectivity index is 1.45. The van der Waals surface area contributed by atoms with Crippen molar-refractivity contribution in [1.29, 1.82) is 5.26 Å². The lowest BCUT2D eigenvalue weighted by Gasteiger charge is -2.32. The molecule has 1 aliphatic rings. The van der Waals surface area contributed by atoms with Crippen molar-refractivity contribution in [2.75, 3.05) is 26.4 Å². The lowest BCUT2D eigenvalue weighted by Crippen LogP contribution is -2.39. The van der Waals surface area contributed by atoms with Crippen molar-refractivity contribution in [1.82, 2.24) is 15.6 Å².